The van der Waals surface area contributed by atoms with Crippen LogP contribution in [-0.2, 0) is 27.7 Å². The molecule has 3 N–H and O–H groups in total. The Balaban J connectivity index is 1.41. The lowest BCUT2D eigenvalue weighted by Crippen LogP contribution is -2.58. The quantitative estimate of drug-likeness (QED) is 0.161. The largest absolute Gasteiger partial charge is 0.495 e. The van der Waals surface area contributed by atoms with Gasteiger partial charge in [0.05, 0.1) is 7.11 Å². The summed E-state index contributed by atoms with van der Waals surface area (Å²) in [5, 5.41) is 8.85. The van der Waals surface area contributed by atoms with Crippen molar-refractivity contribution in [2.24, 2.45) is 0 Å². The van der Waals surface area contributed by atoms with E-state index < -0.39 is 57.3 Å². The smallest absolute Gasteiger partial charge is 0.247 e. The molecule has 4 aromatic carbocycles. The van der Waals surface area contributed by atoms with Crippen LogP contribution in [0.3, 0.4) is 0 Å². The monoisotopic (exact) mass is 684 g/mol. The highest BCUT2D eigenvalue weighted by Gasteiger charge is 2.39. The lowest BCUT2D eigenvalue weighted by atomic mass is 9.99. The summed E-state index contributed by atoms with van der Waals surface area (Å²) in [5.74, 6) is -3.25. The number of nitrogens with zero attached hydrogens (tertiary/aromatic N) is 1. The number of carbonyl (C=O) groups excluding carboxylic acids is 1. The fourth-order valence-electron chi connectivity index (χ4n) is 5.97. The van der Waals surface area contributed by atoms with Crippen molar-refractivity contribution in [3.05, 3.63) is 119 Å². The van der Waals surface area contributed by atoms with Crippen LogP contribution in [0.15, 0.2) is 89.8 Å². The molecule has 1 fully saturated rings. The first-order valence-electron chi connectivity index (χ1n) is 15.4. The average Bonchev–Trinajstić information content (AvgIpc) is 3.04. The second-order valence-electron chi connectivity index (χ2n) is 11.6. The van der Waals surface area contributed by atoms with Gasteiger partial charge in [0.2, 0.25) is 15.9 Å². The fourth-order valence-corrected chi connectivity index (χ4v) is 7.98. The minimum Gasteiger partial charge on any atom is -0.495 e. The molecule has 0 aliphatic carbocycles. The van der Waals surface area contributed by atoms with Crippen molar-refractivity contribution in [3.8, 4) is 5.75 Å². The molecule has 0 saturated carbocycles. The van der Waals surface area contributed by atoms with Crippen molar-refractivity contribution in [2.45, 2.75) is 49.2 Å². The Hall–Kier alpha value is -4.46. The van der Waals surface area contributed by atoms with E-state index in [1.807, 2.05) is 0 Å². The summed E-state index contributed by atoms with van der Waals surface area (Å²) in [6.07, 6.45) is 0.361. The number of amides is 1. The number of benzene rings is 4. The second kappa shape index (κ2) is 15.2. The average molecular weight is 685 g/mol. The number of sulfonamides is 1. The number of ether oxygens (including phenoxy) is 1. The molecule has 13 heteroatoms. The van der Waals surface area contributed by atoms with Crippen LogP contribution in [-0.4, -0.2) is 57.0 Å². The van der Waals surface area contributed by atoms with Gasteiger partial charge >= 0.3 is 0 Å². The number of rotatable bonds is 12. The maximum absolute atomic E-state index is 15.5. The summed E-state index contributed by atoms with van der Waals surface area (Å²) >= 11 is 0. The Labute approximate surface area is 277 Å². The zero-order valence-corrected chi connectivity index (χ0v) is 27.2. The van der Waals surface area contributed by atoms with E-state index in [1.165, 1.54) is 53.9 Å². The molecule has 8 nitrogen and oxygen atoms in total. The van der Waals surface area contributed by atoms with E-state index in [-0.39, 0.29) is 46.8 Å². The van der Waals surface area contributed by atoms with Crippen LogP contribution in [0.2, 0.25) is 0 Å². The van der Waals surface area contributed by atoms with Crippen molar-refractivity contribution in [1.29, 1.82) is 0 Å². The molecule has 3 atom stereocenters. The number of carbonyl (C=O) groups is 1. The van der Waals surface area contributed by atoms with Crippen molar-refractivity contribution in [1.82, 2.24) is 9.62 Å². The molecule has 0 spiro atoms. The predicted molar refractivity (Wildman–Crippen MR) is 175 cm³/mol. The summed E-state index contributed by atoms with van der Waals surface area (Å²) in [5.41, 5.74) is 0.961. The number of methoxy groups -OCH3 is 1. The molecule has 0 radical (unpaired) electrons. The van der Waals surface area contributed by atoms with Gasteiger partial charge < -0.3 is 20.7 Å². The van der Waals surface area contributed by atoms with Gasteiger partial charge in [-0.3, -0.25) is 4.79 Å². The highest BCUT2D eigenvalue weighted by molar-refractivity contribution is 7.89. The van der Waals surface area contributed by atoms with Crippen LogP contribution in [0.4, 0.5) is 28.9 Å². The normalized spacial score (nSPS) is 17.5. The maximum Gasteiger partial charge on any atom is 0.247 e. The SMILES string of the molecule is COc1ccccc1S(=O)(=O)N1[C@@H](CCc2c(F)cccc2N[C@@H](Cc2ccc(F)cc2)C(=O)Nc2cc(F)cc(F)c2)CNC[C@H]1C. The highest BCUT2D eigenvalue weighted by atomic mass is 32.2. The van der Waals surface area contributed by atoms with E-state index >= 15 is 4.39 Å². The van der Waals surface area contributed by atoms with Crippen molar-refractivity contribution < 1.29 is 35.5 Å². The molecule has 254 valence electrons. The van der Waals surface area contributed by atoms with Gasteiger partial charge in [0.1, 0.15) is 40.0 Å². The van der Waals surface area contributed by atoms with Gasteiger partial charge in [0.25, 0.3) is 0 Å². The molecule has 5 rings (SSSR count). The van der Waals surface area contributed by atoms with E-state index in [0.29, 0.717) is 24.7 Å². The lowest BCUT2D eigenvalue weighted by Gasteiger charge is -2.40. The maximum atomic E-state index is 15.5. The number of halogens is 4. The van der Waals surface area contributed by atoms with Crippen LogP contribution in [0.25, 0.3) is 0 Å². The summed E-state index contributed by atoms with van der Waals surface area (Å²) < 4.78 is 91.6. The fraction of sp³-hybridized carbons (Fsp3) is 0.286. The molecule has 1 saturated heterocycles. The molecule has 1 aliphatic heterocycles. The third-order valence-corrected chi connectivity index (χ3v) is 10.3. The third-order valence-electron chi connectivity index (χ3n) is 8.21. The number of para-hydroxylation sites is 1. The van der Waals surface area contributed by atoms with Crippen LogP contribution < -0.4 is 20.7 Å². The van der Waals surface area contributed by atoms with Crippen molar-refractivity contribution in [3.63, 3.8) is 0 Å². The summed E-state index contributed by atoms with van der Waals surface area (Å²) in [4.78, 5) is 13.5. The van der Waals surface area contributed by atoms with Gasteiger partial charge in [0.15, 0.2) is 0 Å². The summed E-state index contributed by atoms with van der Waals surface area (Å²) in [7, 11) is -2.60. The van der Waals surface area contributed by atoms with Gasteiger partial charge in [-0.2, -0.15) is 4.31 Å². The Morgan fingerprint density at radius 3 is 2.35 bits per heavy atom. The van der Waals surface area contributed by atoms with Gasteiger partial charge in [-0.1, -0.05) is 30.3 Å². The highest BCUT2D eigenvalue weighted by Crippen LogP contribution is 2.32. The number of hydrogen-bond donors (Lipinski definition) is 3. The van der Waals surface area contributed by atoms with Gasteiger partial charge in [-0.25, -0.2) is 26.0 Å². The molecule has 1 aliphatic rings. The van der Waals surface area contributed by atoms with E-state index in [0.717, 1.165) is 12.1 Å². The lowest BCUT2D eigenvalue weighted by molar-refractivity contribution is -0.116. The molecule has 1 heterocycles. The number of anilines is 2. The predicted octanol–water partition coefficient (Wildman–Crippen LogP) is 5.90. The number of hydrogen-bond acceptors (Lipinski definition) is 6. The van der Waals surface area contributed by atoms with Crippen molar-refractivity contribution >= 4 is 27.3 Å². The first kappa shape index (κ1) is 34.9. The third kappa shape index (κ3) is 8.15. The van der Waals surface area contributed by atoms with Gasteiger partial charge in [-0.15, -0.1) is 0 Å². The van der Waals surface area contributed by atoms with E-state index in [2.05, 4.69) is 16.0 Å². The zero-order valence-electron chi connectivity index (χ0n) is 26.4. The van der Waals surface area contributed by atoms with Crippen LogP contribution in [0.1, 0.15) is 24.5 Å². The van der Waals surface area contributed by atoms with E-state index in [1.54, 1.807) is 31.2 Å². The van der Waals surface area contributed by atoms with Crippen LogP contribution in [0.5, 0.6) is 5.75 Å². The Morgan fingerprint density at radius 1 is 0.938 bits per heavy atom. The first-order valence-corrected chi connectivity index (χ1v) is 16.8. The zero-order chi connectivity index (χ0) is 34.4. The van der Waals surface area contributed by atoms with Gasteiger partial charge in [-0.05, 0) is 73.9 Å². The molecule has 48 heavy (non-hydrogen) atoms. The van der Waals surface area contributed by atoms with Gasteiger partial charge in [0, 0.05) is 54.6 Å². The summed E-state index contributed by atoms with van der Waals surface area (Å²) in [6.45, 7) is 2.55. The molecular weight excluding hydrogens is 648 g/mol. The number of nitrogens with one attached hydrogen (secondary N) is 3. The minimum absolute atomic E-state index is 0.0227. The van der Waals surface area contributed by atoms with Crippen LogP contribution in [0, 0.1) is 23.3 Å². The Morgan fingerprint density at radius 2 is 1.65 bits per heavy atom. The molecule has 0 unspecified atom stereocenters. The topological polar surface area (TPSA) is 99.8 Å². The molecule has 4 aromatic rings. The van der Waals surface area contributed by atoms with E-state index in [4.69, 9.17) is 4.74 Å². The standard InChI is InChI=1S/C35H36F4N4O4S/c1-22-20-40-21-28(43(22)48(45,46)34-9-4-3-8-33(34)47-2)14-15-29-30(39)6-5-7-31(29)42-32(16-23-10-12-24(36)13-11-23)35(44)41-27-18-25(37)17-26(38)19-27/h3-13,17-19,22,28,32,40,42H,14-16,20-21H2,1-2H3,(H,41,44)/t22-,28+,32+/m1/s1. The molecular formula is C35H36F4N4O4S. The minimum atomic E-state index is -4.01. The molecule has 0 aromatic heterocycles. The Bertz CT molecular complexity index is 1840. The van der Waals surface area contributed by atoms with Crippen LogP contribution >= 0.6 is 0 Å². The second-order valence-corrected chi connectivity index (χ2v) is 13.4. The molecule has 1 amide bonds. The Kier molecular flexibility index (Phi) is 11.0. The van der Waals surface area contributed by atoms with Crippen molar-refractivity contribution in [2.75, 3.05) is 30.8 Å². The summed E-state index contributed by atoms with van der Waals surface area (Å²) in [6, 6.07) is 16.8. The van der Waals surface area contributed by atoms with E-state index in [9.17, 15) is 26.4 Å². The number of piperazine rings is 1. The first-order chi connectivity index (χ1) is 23.0. The molecule has 0 bridgehead atoms.